The first kappa shape index (κ1) is 15.6. The van der Waals surface area contributed by atoms with E-state index in [1.54, 1.807) is 6.92 Å². The number of nitrogens with one attached hydrogen (secondary N) is 2. The fraction of sp³-hybridized carbons (Fsp3) is 0.444. The number of aromatic amines is 1. The van der Waals surface area contributed by atoms with Gasteiger partial charge in [-0.25, -0.2) is 4.79 Å². The molecule has 0 spiro atoms. The van der Waals surface area contributed by atoms with Crippen LogP contribution < -0.4 is 5.32 Å². The summed E-state index contributed by atoms with van der Waals surface area (Å²) in [5, 5.41) is 13.3. The van der Waals surface area contributed by atoms with Crippen molar-refractivity contribution in [1.29, 1.82) is 0 Å². The lowest BCUT2D eigenvalue weighted by atomic mass is 9.95. The van der Waals surface area contributed by atoms with Gasteiger partial charge in [-0.15, -0.1) is 0 Å². The lowest BCUT2D eigenvalue weighted by Gasteiger charge is -2.26. The van der Waals surface area contributed by atoms with E-state index in [9.17, 15) is 14.7 Å². The third-order valence-electron chi connectivity index (χ3n) is 4.87. The lowest BCUT2D eigenvalue weighted by Crippen LogP contribution is -2.54. The summed E-state index contributed by atoms with van der Waals surface area (Å²) in [6.07, 6.45) is 4.55. The second kappa shape index (κ2) is 5.72. The molecule has 1 aliphatic carbocycles. The third-order valence-corrected chi connectivity index (χ3v) is 4.87. The van der Waals surface area contributed by atoms with Crippen molar-refractivity contribution in [3.05, 3.63) is 35.5 Å². The van der Waals surface area contributed by atoms with Gasteiger partial charge in [-0.2, -0.15) is 0 Å². The number of rotatable bonds is 6. The topological polar surface area (TPSA) is 82.2 Å². The minimum Gasteiger partial charge on any atom is -0.480 e. The molecule has 1 heterocycles. The summed E-state index contributed by atoms with van der Waals surface area (Å²) < 4.78 is 0. The molecule has 5 nitrogen and oxygen atoms in total. The largest absolute Gasteiger partial charge is 0.480 e. The van der Waals surface area contributed by atoms with Gasteiger partial charge in [-0.1, -0.05) is 18.2 Å². The Morgan fingerprint density at radius 1 is 1.39 bits per heavy atom. The lowest BCUT2D eigenvalue weighted by molar-refractivity contribution is -0.147. The van der Waals surface area contributed by atoms with Gasteiger partial charge in [0.15, 0.2) is 0 Å². The van der Waals surface area contributed by atoms with Crippen molar-refractivity contribution in [1.82, 2.24) is 10.3 Å². The molecule has 5 heteroatoms. The number of carboxylic acids is 1. The van der Waals surface area contributed by atoms with Gasteiger partial charge in [0, 0.05) is 23.5 Å². The first-order valence-electron chi connectivity index (χ1n) is 8.02. The molecule has 0 radical (unpaired) electrons. The van der Waals surface area contributed by atoms with Gasteiger partial charge in [0.25, 0.3) is 0 Å². The summed E-state index contributed by atoms with van der Waals surface area (Å²) in [5.74, 6) is -1.10. The quantitative estimate of drug-likeness (QED) is 0.767. The van der Waals surface area contributed by atoms with Crippen molar-refractivity contribution < 1.29 is 14.7 Å². The van der Waals surface area contributed by atoms with E-state index < -0.39 is 11.5 Å². The van der Waals surface area contributed by atoms with E-state index in [4.69, 9.17) is 0 Å². The van der Waals surface area contributed by atoms with Crippen molar-refractivity contribution in [3.63, 3.8) is 0 Å². The average Bonchev–Trinajstić information content (AvgIpc) is 3.27. The predicted molar refractivity (Wildman–Crippen MR) is 88.3 cm³/mol. The minimum absolute atomic E-state index is 0.0553. The van der Waals surface area contributed by atoms with Gasteiger partial charge in [-0.3, -0.25) is 4.79 Å². The highest BCUT2D eigenvalue weighted by Crippen LogP contribution is 2.39. The molecule has 1 aliphatic rings. The first-order chi connectivity index (χ1) is 10.9. The second-order valence-electron chi connectivity index (χ2n) is 6.64. The summed E-state index contributed by atoms with van der Waals surface area (Å²) in [5.41, 5.74) is 2.22. The zero-order valence-electron chi connectivity index (χ0n) is 13.5. The van der Waals surface area contributed by atoms with Crippen molar-refractivity contribution >= 4 is 22.8 Å². The van der Waals surface area contributed by atoms with Crippen LogP contribution in [0.3, 0.4) is 0 Å². The first-order valence-corrected chi connectivity index (χ1v) is 8.02. The van der Waals surface area contributed by atoms with Gasteiger partial charge in [0.1, 0.15) is 5.54 Å². The molecule has 1 atom stereocenters. The number of carbonyl (C=O) groups excluding carboxylic acids is 1. The zero-order valence-corrected chi connectivity index (χ0v) is 13.5. The molecule has 2 aromatic rings. The van der Waals surface area contributed by atoms with Crippen LogP contribution >= 0.6 is 0 Å². The number of benzene rings is 1. The maximum Gasteiger partial charge on any atom is 0.329 e. The van der Waals surface area contributed by atoms with Crippen molar-refractivity contribution in [2.75, 3.05) is 0 Å². The average molecular weight is 314 g/mol. The SMILES string of the molecule is Cc1cccc2c(CCC(=O)N[C@](C)(C(=O)O)C3CC3)c[nH]c12. The summed E-state index contributed by atoms with van der Waals surface area (Å²) in [6.45, 7) is 3.66. The Morgan fingerprint density at radius 2 is 2.13 bits per heavy atom. The molecule has 3 rings (SSSR count). The van der Waals surface area contributed by atoms with E-state index in [0.29, 0.717) is 6.42 Å². The smallest absolute Gasteiger partial charge is 0.329 e. The standard InChI is InChI=1S/C18H22N2O3/c1-11-4-3-5-14-12(10-19-16(11)14)6-9-15(21)20-18(2,17(22)23)13-7-8-13/h3-5,10,13,19H,6-9H2,1-2H3,(H,20,21)(H,22,23)/t18-/m0/s1. The van der Waals surface area contributed by atoms with Crippen molar-refractivity contribution in [2.24, 2.45) is 5.92 Å². The highest BCUT2D eigenvalue weighted by molar-refractivity contribution is 5.89. The number of aromatic nitrogens is 1. The molecule has 0 aliphatic heterocycles. The molecule has 1 amide bonds. The van der Waals surface area contributed by atoms with Gasteiger partial charge in [0.2, 0.25) is 5.91 Å². The van der Waals surface area contributed by atoms with Crippen LogP contribution in [0.4, 0.5) is 0 Å². The maximum absolute atomic E-state index is 12.2. The molecule has 1 saturated carbocycles. The van der Waals surface area contributed by atoms with Crippen LogP contribution in [0, 0.1) is 12.8 Å². The number of amides is 1. The number of fused-ring (bicyclic) bond motifs is 1. The monoisotopic (exact) mass is 314 g/mol. The zero-order chi connectivity index (χ0) is 16.6. The Morgan fingerprint density at radius 3 is 2.78 bits per heavy atom. The van der Waals surface area contributed by atoms with E-state index in [2.05, 4.69) is 10.3 Å². The third kappa shape index (κ3) is 2.96. The number of aryl methyl sites for hydroxylation is 2. The second-order valence-corrected chi connectivity index (χ2v) is 6.64. The van der Waals surface area contributed by atoms with Crippen LogP contribution in [0.25, 0.3) is 10.9 Å². The number of para-hydroxylation sites is 1. The van der Waals surface area contributed by atoms with Gasteiger partial charge in [0.05, 0.1) is 0 Å². The van der Waals surface area contributed by atoms with Gasteiger partial charge in [-0.05, 0) is 50.2 Å². The number of hydrogen-bond acceptors (Lipinski definition) is 2. The molecular weight excluding hydrogens is 292 g/mol. The summed E-state index contributed by atoms with van der Waals surface area (Å²) in [7, 11) is 0. The van der Waals surface area contributed by atoms with Crippen LogP contribution in [0.15, 0.2) is 24.4 Å². The van der Waals surface area contributed by atoms with Crippen LogP contribution in [-0.4, -0.2) is 27.5 Å². The minimum atomic E-state index is -1.13. The highest BCUT2D eigenvalue weighted by Gasteiger charge is 2.48. The number of aliphatic carboxylic acids is 1. The molecule has 1 fully saturated rings. The highest BCUT2D eigenvalue weighted by atomic mass is 16.4. The summed E-state index contributed by atoms with van der Waals surface area (Å²) in [4.78, 5) is 26.9. The molecule has 0 unspecified atom stereocenters. The van der Waals surface area contributed by atoms with Crippen LogP contribution in [0.1, 0.15) is 37.3 Å². The Bertz CT molecular complexity index is 761. The van der Waals surface area contributed by atoms with E-state index in [1.165, 1.54) is 5.56 Å². The molecule has 0 saturated heterocycles. The number of H-pyrrole nitrogens is 1. The Labute approximate surface area is 135 Å². The van der Waals surface area contributed by atoms with Crippen molar-refractivity contribution in [3.8, 4) is 0 Å². The fourth-order valence-electron chi connectivity index (χ4n) is 3.16. The summed E-state index contributed by atoms with van der Waals surface area (Å²) in [6, 6.07) is 6.09. The Balaban J connectivity index is 1.66. The number of carboxylic acid groups (broad SMARTS) is 1. The Kier molecular flexibility index (Phi) is 3.88. The van der Waals surface area contributed by atoms with Crippen molar-refractivity contribution in [2.45, 2.75) is 45.1 Å². The molecule has 3 N–H and O–H groups in total. The van der Waals surface area contributed by atoms with E-state index in [1.807, 2.05) is 31.3 Å². The van der Waals surface area contributed by atoms with E-state index in [-0.39, 0.29) is 18.2 Å². The molecule has 0 bridgehead atoms. The number of carbonyl (C=O) groups is 2. The molecule has 23 heavy (non-hydrogen) atoms. The molecule has 1 aromatic carbocycles. The normalized spacial score (nSPS) is 17.0. The molecule has 122 valence electrons. The maximum atomic E-state index is 12.2. The van der Waals surface area contributed by atoms with Crippen LogP contribution in [-0.2, 0) is 16.0 Å². The molecule has 1 aromatic heterocycles. The van der Waals surface area contributed by atoms with Gasteiger partial charge < -0.3 is 15.4 Å². The van der Waals surface area contributed by atoms with E-state index in [0.717, 1.165) is 29.3 Å². The molecular formula is C18H22N2O3. The predicted octanol–water partition coefficient (Wildman–Crippen LogP) is 2.78. The van der Waals surface area contributed by atoms with Crippen LogP contribution in [0.2, 0.25) is 0 Å². The number of hydrogen-bond donors (Lipinski definition) is 3. The fourth-order valence-corrected chi connectivity index (χ4v) is 3.16. The van der Waals surface area contributed by atoms with E-state index >= 15 is 0 Å². The summed E-state index contributed by atoms with van der Waals surface area (Å²) >= 11 is 0. The van der Waals surface area contributed by atoms with Gasteiger partial charge >= 0.3 is 5.97 Å². The van der Waals surface area contributed by atoms with Crippen LogP contribution in [0.5, 0.6) is 0 Å². The Hall–Kier alpha value is -2.30.